The van der Waals surface area contributed by atoms with Crippen LogP contribution in [-0.2, 0) is 10.0 Å². The summed E-state index contributed by atoms with van der Waals surface area (Å²) in [4.78, 5) is 12.6. The minimum absolute atomic E-state index is 0.241. The van der Waals surface area contributed by atoms with Gasteiger partial charge in [0.25, 0.3) is 5.91 Å². The Morgan fingerprint density at radius 3 is 2.13 bits per heavy atom. The van der Waals surface area contributed by atoms with E-state index in [1.807, 2.05) is 0 Å². The van der Waals surface area contributed by atoms with Crippen LogP contribution in [0.2, 0.25) is 0 Å². The summed E-state index contributed by atoms with van der Waals surface area (Å²) in [6.45, 7) is 1.66. The van der Waals surface area contributed by atoms with Gasteiger partial charge in [0.15, 0.2) is 0 Å². The molecule has 0 aliphatic carbocycles. The maximum absolute atomic E-state index is 12.7. The highest BCUT2D eigenvalue weighted by Gasteiger charge is 2.25. The summed E-state index contributed by atoms with van der Waals surface area (Å²) in [5.41, 5.74) is 0.420. The minimum atomic E-state index is -3.46. The summed E-state index contributed by atoms with van der Waals surface area (Å²) in [6, 6.07) is 11.3. The predicted molar refractivity (Wildman–Crippen MR) is 116 cm³/mol. The maximum atomic E-state index is 12.7. The molecule has 1 fully saturated rings. The lowest BCUT2D eigenvalue weighted by atomic mass is 10.2. The molecule has 0 spiro atoms. The van der Waals surface area contributed by atoms with Crippen molar-refractivity contribution in [1.29, 1.82) is 0 Å². The van der Waals surface area contributed by atoms with Gasteiger partial charge in [0.05, 0.1) is 25.7 Å². The highest BCUT2D eigenvalue weighted by molar-refractivity contribution is 7.89. The Morgan fingerprint density at radius 1 is 0.935 bits per heavy atom. The number of nitrogens with one attached hydrogen (secondary N) is 1. The molecule has 1 amide bonds. The van der Waals surface area contributed by atoms with Crippen molar-refractivity contribution in [2.24, 2.45) is 0 Å². The average molecular weight is 449 g/mol. The van der Waals surface area contributed by atoms with Crippen molar-refractivity contribution in [2.45, 2.75) is 24.2 Å². The molecule has 2 aromatic rings. The lowest BCUT2D eigenvalue weighted by molar-refractivity contribution is 0.0946. The van der Waals surface area contributed by atoms with E-state index in [2.05, 4.69) is 5.32 Å². The lowest BCUT2D eigenvalue weighted by Crippen LogP contribution is -2.35. The average Bonchev–Trinajstić information content (AvgIpc) is 2.82. The Hall–Kier alpha value is -2.78. The Morgan fingerprint density at radius 2 is 1.55 bits per heavy atom. The topological polar surface area (TPSA) is 94.2 Å². The van der Waals surface area contributed by atoms with Crippen molar-refractivity contribution in [2.75, 3.05) is 40.5 Å². The molecule has 1 aliphatic heterocycles. The molecule has 31 heavy (non-hydrogen) atoms. The Kier molecular flexibility index (Phi) is 7.75. The van der Waals surface area contributed by atoms with Crippen LogP contribution in [-0.4, -0.2) is 59.1 Å². The van der Waals surface area contributed by atoms with Crippen molar-refractivity contribution in [3.8, 4) is 17.2 Å². The number of carbonyl (C=O) groups is 1. The molecule has 0 unspecified atom stereocenters. The zero-order valence-electron chi connectivity index (χ0n) is 17.8. The van der Waals surface area contributed by atoms with Gasteiger partial charge in [0.1, 0.15) is 23.9 Å². The molecule has 0 saturated carbocycles. The van der Waals surface area contributed by atoms with Crippen LogP contribution < -0.4 is 19.5 Å². The standard InChI is InChI=1S/C22H28N2O6S/c1-28-19-14-17(15-20(16-19)29-2)22(25)23-10-13-30-18-6-8-21(9-7-18)31(26,27)24-11-4-3-5-12-24/h6-9,14-16H,3-5,10-13H2,1-2H3,(H,23,25). The third-order valence-corrected chi connectivity index (χ3v) is 6.96. The fourth-order valence-corrected chi connectivity index (χ4v) is 4.85. The summed E-state index contributed by atoms with van der Waals surface area (Å²) in [7, 11) is -0.415. The molecular formula is C22H28N2O6S. The molecule has 0 aromatic heterocycles. The first-order valence-corrected chi connectivity index (χ1v) is 11.6. The number of ether oxygens (including phenoxy) is 3. The second-order valence-electron chi connectivity index (χ2n) is 7.14. The summed E-state index contributed by atoms with van der Waals surface area (Å²) in [5, 5.41) is 2.77. The number of sulfonamides is 1. The van der Waals surface area contributed by atoms with Gasteiger partial charge in [-0.2, -0.15) is 4.31 Å². The monoisotopic (exact) mass is 448 g/mol. The number of nitrogens with zero attached hydrogens (tertiary/aromatic N) is 1. The Bertz CT molecular complexity index is 963. The third kappa shape index (κ3) is 5.89. The maximum Gasteiger partial charge on any atom is 0.251 e. The van der Waals surface area contributed by atoms with Crippen molar-refractivity contribution in [1.82, 2.24) is 9.62 Å². The van der Waals surface area contributed by atoms with Gasteiger partial charge in [-0.05, 0) is 49.2 Å². The van der Waals surface area contributed by atoms with E-state index in [1.54, 1.807) is 42.5 Å². The number of benzene rings is 2. The van der Waals surface area contributed by atoms with Crippen molar-refractivity contribution in [3.05, 3.63) is 48.0 Å². The van der Waals surface area contributed by atoms with E-state index in [-0.39, 0.29) is 24.0 Å². The first-order chi connectivity index (χ1) is 14.9. The van der Waals surface area contributed by atoms with Gasteiger partial charge in [-0.25, -0.2) is 8.42 Å². The van der Waals surface area contributed by atoms with E-state index in [9.17, 15) is 13.2 Å². The molecule has 2 aromatic carbocycles. The summed E-state index contributed by atoms with van der Waals surface area (Å²) >= 11 is 0. The quantitative estimate of drug-likeness (QED) is 0.593. The predicted octanol–water partition coefficient (Wildman–Crippen LogP) is 2.69. The number of rotatable bonds is 9. The minimum Gasteiger partial charge on any atom is -0.497 e. The molecule has 8 nitrogen and oxygen atoms in total. The molecular weight excluding hydrogens is 420 g/mol. The molecule has 1 N–H and O–H groups in total. The number of piperidine rings is 1. The third-order valence-electron chi connectivity index (χ3n) is 5.05. The number of hydrogen-bond acceptors (Lipinski definition) is 6. The van der Waals surface area contributed by atoms with Crippen LogP contribution >= 0.6 is 0 Å². The van der Waals surface area contributed by atoms with Gasteiger partial charge < -0.3 is 19.5 Å². The smallest absolute Gasteiger partial charge is 0.251 e. The fraction of sp³-hybridized carbons (Fsp3) is 0.409. The van der Waals surface area contributed by atoms with E-state index in [0.29, 0.717) is 35.9 Å². The second kappa shape index (κ2) is 10.5. The van der Waals surface area contributed by atoms with Gasteiger partial charge in [0, 0.05) is 24.7 Å². The van der Waals surface area contributed by atoms with Gasteiger partial charge in [-0.1, -0.05) is 6.42 Å². The van der Waals surface area contributed by atoms with Crippen LogP contribution in [0, 0.1) is 0 Å². The first-order valence-electron chi connectivity index (χ1n) is 10.2. The van der Waals surface area contributed by atoms with Crippen LogP contribution in [0.15, 0.2) is 47.4 Å². The number of amides is 1. The number of carbonyl (C=O) groups excluding carboxylic acids is 1. The molecule has 1 aliphatic rings. The highest BCUT2D eigenvalue weighted by atomic mass is 32.2. The molecule has 3 rings (SSSR count). The fourth-order valence-electron chi connectivity index (χ4n) is 3.34. The van der Waals surface area contributed by atoms with Crippen molar-refractivity contribution in [3.63, 3.8) is 0 Å². The van der Waals surface area contributed by atoms with Crippen LogP contribution in [0.5, 0.6) is 17.2 Å². The number of hydrogen-bond donors (Lipinski definition) is 1. The summed E-state index contributed by atoms with van der Waals surface area (Å²) in [6.07, 6.45) is 2.87. The highest BCUT2D eigenvalue weighted by Crippen LogP contribution is 2.23. The van der Waals surface area contributed by atoms with Gasteiger partial charge in [0.2, 0.25) is 10.0 Å². The molecule has 0 bridgehead atoms. The van der Waals surface area contributed by atoms with E-state index in [4.69, 9.17) is 14.2 Å². The molecule has 1 saturated heterocycles. The van der Waals surface area contributed by atoms with Gasteiger partial charge in [-0.15, -0.1) is 0 Å². The molecule has 1 heterocycles. The lowest BCUT2D eigenvalue weighted by Gasteiger charge is -2.25. The van der Waals surface area contributed by atoms with Gasteiger partial charge >= 0.3 is 0 Å². The van der Waals surface area contributed by atoms with Crippen LogP contribution in [0.1, 0.15) is 29.6 Å². The van der Waals surface area contributed by atoms with E-state index in [0.717, 1.165) is 19.3 Å². The SMILES string of the molecule is COc1cc(OC)cc(C(=O)NCCOc2ccc(S(=O)(=O)N3CCCCC3)cc2)c1. The second-order valence-corrected chi connectivity index (χ2v) is 9.08. The van der Waals surface area contributed by atoms with Gasteiger partial charge in [-0.3, -0.25) is 4.79 Å². The molecule has 0 radical (unpaired) electrons. The number of methoxy groups -OCH3 is 2. The zero-order valence-corrected chi connectivity index (χ0v) is 18.6. The molecule has 9 heteroatoms. The Balaban J connectivity index is 1.50. The van der Waals surface area contributed by atoms with E-state index in [1.165, 1.54) is 18.5 Å². The summed E-state index contributed by atoms with van der Waals surface area (Å²) < 4.78 is 42.9. The van der Waals surface area contributed by atoms with Crippen LogP contribution in [0.4, 0.5) is 0 Å². The van der Waals surface area contributed by atoms with Crippen LogP contribution in [0.25, 0.3) is 0 Å². The van der Waals surface area contributed by atoms with Crippen molar-refractivity contribution >= 4 is 15.9 Å². The zero-order chi connectivity index (χ0) is 22.3. The normalized spacial score (nSPS) is 14.6. The Labute approximate surface area is 183 Å². The van der Waals surface area contributed by atoms with E-state index < -0.39 is 10.0 Å². The first kappa shape index (κ1) is 22.9. The van der Waals surface area contributed by atoms with E-state index >= 15 is 0 Å². The molecule has 168 valence electrons. The van der Waals surface area contributed by atoms with Crippen molar-refractivity contribution < 1.29 is 27.4 Å². The van der Waals surface area contributed by atoms with Crippen LogP contribution in [0.3, 0.4) is 0 Å². The molecule has 0 atom stereocenters. The largest absolute Gasteiger partial charge is 0.497 e. The summed E-state index contributed by atoms with van der Waals surface area (Å²) in [5.74, 6) is 1.32.